The zero-order chi connectivity index (χ0) is 12.3. The molecule has 0 radical (unpaired) electrons. The van der Waals surface area contributed by atoms with Crippen LogP contribution >= 0.6 is 34.8 Å². The summed E-state index contributed by atoms with van der Waals surface area (Å²) in [5.41, 5.74) is 1.82. The largest absolute Gasteiger partial charge is 0.365 e. The second kappa shape index (κ2) is 5.39. The highest BCUT2D eigenvalue weighted by molar-refractivity contribution is 6.41. The van der Waals surface area contributed by atoms with E-state index in [0.717, 1.165) is 0 Å². The topological polar surface area (TPSA) is 55.4 Å². The summed E-state index contributed by atoms with van der Waals surface area (Å²) in [6, 6.07) is 2.69. The van der Waals surface area contributed by atoms with Crippen molar-refractivity contribution in [1.29, 1.82) is 0 Å². The molecule has 1 N–H and O–H groups in total. The minimum atomic E-state index is -0.859. The first kappa shape index (κ1) is 13.1. The molecule has 1 aromatic carbocycles. The molecule has 0 heterocycles. The van der Waals surface area contributed by atoms with E-state index in [2.05, 4.69) is 4.84 Å². The van der Waals surface area contributed by atoms with Gasteiger partial charge in [-0.1, -0.05) is 34.8 Å². The van der Waals surface area contributed by atoms with Crippen molar-refractivity contribution in [2.45, 2.75) is 6.92 Å². The van der Waals surface area contributed by atoms with Crippen LogP contribution in [0.5, 0.6) is 0 Å². The maximum atomic E-state index is 11.5. The normalized spacial score (nSPS) is 9.75. The fourth-order valence-electron chi connectivity index (χ4n) is 0.906. The fraction of sp³-hybridized carbons (Fsp3) is 0.111. The lowest BCUT2D eigenvalue weighted by Crippen LogP contribution is -2.24. The molecule has 0 saturated heterocycles. The third-order valence-corrected chi connectivity index (χ3v) is 2.31. The maximum absolute atomic E-state index is 11.5. The predicted molar refractivity (Wildman–Crippen MR) is 60.7 cm³/mol. The van der Waals surface area contributed by atoms with Gasteiger partial charge < -0.3 is 4.84 Å². The zero-order valence-corrected chi connectivity index (χ0v) is 10.3. The summed E-state index contributed by atoms with van der Waals surface area (Å²) in [5, 5.41) is 0.395. The number of hydroxylamine groups is 1. The Bertz CT molecular complexity index is 425. The summed E-state index contributed by atoms with van der Waals surface area (Å²) in [4.78, 5) is 26.4. The average Bonchev–Trinajstić information content (AvgIpc) is 2.12. The van der Waals surface area contributed by atoms with Crippen molar-refractivity contribution in [1.82, 2.24) is 5.48 Å². The monoisotopic (exact) mass is 281 g/mol. The molecule has 1 aromatic rings. The minimum absolute atomic E-state index is 0.0489. The van der Waals surface area contributed by atoms with E-state index in [4.69, 9.17) is 34.8 Å². The number of carbonyl (C=O) groups excluding carboxylic acids is 2. The molecule has 0 bridgehead atoms. The molecule has 1 amide bonds. The Morgan fingerprint density at radius 2 is 1.69 bits per heavy atom. The van der Waals surface area contributed by atoms with Crippen LogP contribution in [0.25, 0.3) is 0 Å². The molecule has 0 atom stereocenters. The molecule has 16 heavy (non-hydrogen) atoms. The first-order valence-electron chi connectivity index (χ1n) is 4.04. The van der Waals surface area contributed by atoms with Crippen LogP contribution in [0, 0.1) is 0 Å². The van der Waals surface area contributed by atoms with Crippen LogP contribution in [0.15, 0.2) is 12.1 Å². The molecular formula is C9H6Cl3NO3. The van der Waals surface area contributed by atoms with Crippen molar-refractivity contribution in [3.8, 4) is 0 Å². The number of rotatable bonds is 1. The predicted octanol–water partition coefficient (Wildman–Crippen LogP) is 2.85. The Balaban J connectivity index is 2.95. The van der Waals surface area contributed by atoms with Crippen molar-refractivity contribution >= 4 is 46.7 Å². The molecular weight excluding hydrogens is 276 g/mol. The van der Waals surface area contributed by atoms with Crippen molar-refractivity contribution < 1.29 is 14.4 Å². The second-order valence-corrected chi connectivity index (χ2v) is 4.04. The lowest BCUT2D eigenvalue weighted by atomic mass is 10.2. The van der Waals surface area contributed by atoms with Crippen LogP contribution in [0.4, 0.5) is 0 Å². The SMILES string of the molecule is CC(=O)NOC(=O)c1c(Cl)cc(Cl)cc1Cl. The fourth-order valence-corrected chi connectivity index (χ4v) is 1.88. The smallest absolute Gasteiger partial charge is 0.335 e. The molecule has 1 rings (SSSR count). The van der Waals surface area contributed by atoms with Crippen molar-refractivity contribution in [2.75, 3.05) is 0 Å². The molecule has 0 spiro atoms. The van der Waals surface area contributed by atoms with E-state index >= 15 is 0 Å². The number of benzene rings is 1. The summed E-state index contributed by atoms with van der Waals surface area (Å²) >= 11 is 17.2. The van der Waals surface area contributed by atoms with Gasteiger partial charge in [0.05, 0.1) is 15.6 Å². The Kier molecular flexibility index (Phi) is 4.41. The van der Waals surface area contributed by atoms with E-state index in [-0.39, 0.29) is 15.6 Å². The maximum Gasteiger partial charge on any atom is 0.365 e. The molecule has 86 valence electrons. The lowest BCUT2D eigenvalue weighted by molar-refractivity contribution is -0.127. The lowest BCUT2D eigenvalue weighted by Gasteiger charge is -2.07. The van der Waals surface area contributed by atoms with Crippen LogP contribution in [0.3, 0.4) is 0 Å². The van der Waals surface area contributed by atoms with Gasteiger partial charge in [0.2, 0.25) is 5.91 Å². The van der Waals surface area contributed by atoms with E-state index in [1.807, 2.05) is 5.48 Å². The first-order valence-corrected chi connectivity index (χ1v) is 5.17. The van der Waals surface area contributed by atoms with Crippen LogP contribution in [-0.4, -0.2) is 11.9 Å². The Hall–Kier alpha value is -0.970. The molecule has 0 aliphatic rings. The number of amides is 1. The highest BCUT2D eigenvalue weighted by atomic mass is 35.5. The van der Waals surface area contributed by atoms with E-state index in [9.17, 15) is 9.59 Å². The van der Waals surface area contributed by atoms with Gasteiger partial charge in [0.15, 0.2) is 0 Å². The summed E-state index contributed by atoms with van der Waals surface area (Å²) in [6.07, 6.45) is 0. The van der Waals surface area contributed by atoms with Crippen LogP contribution in [0.1, 0.15) is 17.3 Å². The van der Waals surface area contributed by atoms with Gasteiger partial charge in [0.25, 0.3) is 0 Å². The summed E-state index contributed by atoms with van der Waals surface area (Å²) in [5.74, 6) is -1.38. The van der Waals surface area contributed by atoms with Crippen molar-refractivity contribution in [2.24, 2.45) is 0 Å². The highest BCUT2D eigenvalue weighted by Gasteiger charge is 2.18. The van der Waals surface area contributed by atoms with E-state index in [1.54, 1.807) is 0 Å². The van der Waals surface area contributed by atoms with E-state index in [0.29, 0.717) is 5.02 Å². The van der Waals surface area contributed by atoms with Crippen LogP contribution in [0.2, 0.25) is 15.1 Å². The highest BCUT2D eigenvalue weighted by Crippen LogP contribution is 2.29. The molecule has 0 aromatic heterocycles. The third kappa shape index (κ3) is 3.27. The van der Waals surface area contributed by atoms with Gasteiger partial charge in [-0.2, -0.15) is 5.48 Å². The van der Waals surface area contributed by atoms with Gasteiger partial charge in [-0.25, -0.2) is 4.79 Å². The van der Waals surface area contributed by atoms with Gasteiger partial charge >= 0.3 is 5.97 Å². The zero-order valence-electron chi connectivity index (χ0n) is 8.01. The van der Waals surface area contributed by atoms with Gasteiger partial charge in [-0.05, 0) is 12.1 Å². The first-order chi connectivity index (χ1) is 7.41. The Labute approximate surface area is 106 Å². The summed E-state index contributed by atoms with van der Waals surface area (Å²) < 4.78 is 0. The molecule has 4 nitrogen and oxygen atoms in total. The van der Waals surface area contributed by atoms with Gasteiger partial charge in [-0.3, -0.25) is 4.79 Å². The molecule has 0 fully saturated rings. The van der Waals surface area contributed by atoms with Gasteiger partial charge in [0.1, 0.15) is 0 Å². The van der Waals surface area contributed by atoms with Crippen molar-refractivity contribution in [3.63, 3.8) is 0 Å². The minimum Gasteiger partial charge on any atom is -0.335 e. The Morgan fingerprint density at radius 3 is 2.12 bits per heavy atom. The number of carbonyl (C=O) groups is 2. The number of nitrogens with one attached hydrogen (secondary N) is 1. The molecule has 0 aliphatic carbocycles. The van der Waals surface area contributed by atoms with E-state index in [1.165, 1.54) is 19.1 Å². The average molecular weight is 283 g/mol. The molecule has 7 heteroatoms. The number of hydrogen-bond donors (Lipinski definition) is 1. The number of halogens is 3. The quantitative estimate of drug-likeness (QED) is 0.806. The standard InChI is InChI=1S/C9H6Cl3NO3/c1-4(14)13-16-9(15)8-6(11)2-5(10)3-7(8)12/h2-3H,1H3,(H,13,14). The third-order valence-electron chi connectivity index (χ3n) is 1.50. The van der Waals surface area contributed by atoms with Crippen LogP contribution in [-0.2, 0) is 9.63 Å². The second-order valence-electron chi connectivity index (χ2n) is 2.79. The molecule has 0 saturated carbocycles. The van der Waals surface area contributed by atoms with Gasteiger partial charge in [0, 0.05) is 11.9 Å². The summed E-state index contributed by atoms with van der Waals surface area (Å²) in [6.45, 7) is 1.19. The number of hydrogen-bond acceptors (Lipinski definition) is 3. The Morgan fingerprint density at radius 1 is 1.19 bits per heavy atom. The summed E-state index contributed by atoms with van der Waals surface area (Å²) in [7, 11) is 0. The molecule has 0 unspecified atom stereocenters. The van der Waals surface area contributed by atoms with Gasteiger partial charge in [-0.15, -0.1) is 0 Å². The van der Waals surface area contributed by atoms with Crippen LogP contribution < -0.4 is 5.48 Å². The van der Waals surface area contributed by atoms with E-state index < -0.39 is 11.9 Å². The van der Waals surface area contributed by atoms with Crippen molar-refractivity contribution in [3.05, 3.63) is 32.8 Å². The molecule has 0 aliphatic heterocycles.